The summed E-state index contributed by atoms with van der Waals surface area (Å²) in [7, 11) is -9.67. The highest BCUT2D eigenvalue weighted by atomic mass is 32.5. The van der Waals surface area contributed by atoms with Crippen LogP contribution in [0.15, 0.2) is 29.2 Å². The predicted octanol–water partition coefficient (Wildman–Crippen LogP) is 4.73. The number of nitrogens with two attached hydrogens (primary N) is 1. The lowest BCUT2D eigenvalue weighted by Crippen LogP contribution is -2.09. The molecular weight excluding hydrogens is 289 g/mol. The Kier molecular flexibility index (Phi) is 2.70. The molecular formula is C11H12F5NOS. The second-order valence-electron chi connectivity index (χ2n) is 4.27. The van der Waals surface area contributed by atoms with Crippen molar-refractivity contribution in [3.63, 3.8) is 0 Å². The normalized spacial score (nSPS) is 20.4. The summed E-state index contributed by atoms with van der Waals surface area (Å²) in [6, 6.07) is 1.66. The smallest absolute Gasteiger partial charge is 0.310 e. The van der Waals surface area contributed by atoms with Crippen LogP contribution < -0.4 is 5.73 Å². The van der Waals surface area contributed by atoms with E-state index in [4.69, 9.17) is 10.5 Å². The van der Waals surface area contributed by atoms with Crippen LogP contribution in [-0.2, 0) is 4.74 Å². The third-order valence-electron chi connectivity index (χ3n) is 2.78. The molecule has 2 N–H and O–H groups in total. The van der Waals surface area contributed by atoms with E-state index in [1.165, 1.54) is 0 Å². The molecule has 19 heavy (non-hydrogen) atoms. The molecule has 0 aliphatic carbocycles. The number of nitrogen functional groups attached to an aromatic ring is 1. The van der Waals surface area contributed by atoms with E-state index in [-0.39, 0.29) is 5.69 Å². The summed E-state index contributed by atoms with van der Waals surface area (Å²) < 4.78 is 68.1. The summed E-state index contributed by atoms with van der Waals surface area (Å²) in [5.41, 5.74) is 6.21. The molecule has 0 aromatic heterocycles. The fourth-order valence-corrected chi connectivity index (χ4v) is 2.52. The zero-order valence-corrected chi connectivity index (χ0v) is 10.5. The Bertz CT molecular complexity index is 552. The van der Waals surface area contributed by atoms with Crippen LogP contribution in [0, 0.1) is 0 Å². The number of ether oxygens (including phenoxy) is 1. The van der Waals surface area contributed by atoms with Crippen LogP contribution in [0.1, 0.15) is 12.0 Å². The second-order valence-corrected chi connectivity index (χ2v) is 6.68. The van der Waals surface area contributed by atoms with E-state index < -0.39 is 15.1 Å². The van der Waals surface area contributed by atoms with Crippen molar-refractivity contribution < 1.29 is 24.2 Å². The van der Waals surface area contributed by atoms with E-state index in [1.54, 1.807) is 6.08 Å². The largest absolute Gasteiger partial charge is 0.398 e. The van der Waals surface area contributed by atoms with Gasteiger partial charge in [0.05, 0.1) is 13.2 Å². The van der Waals surface area contributed by atoms with Crippen LogP contribution in [0.2, 0.25) is 0 Å². The first kappa shape index (κ1) is 14.1. The predicted molar refractivity (Wildman–Crippen MR) is 65.7 cm³/mol. The molecule has 0 amide bonds. The Labute approximate surface area is 106 Å². The van der Waals surface area contributed by atoms with E-state index in [2.05, 4.69) is 0 Å². The molecule has 0 spiro atoms. The van der Waals surface area contributed by atoms with Crippen LogP contribution in [0.5, 0.6) is 0 Å². The van der Waals surface area contributed by atoms with Crippen molar-refractivity contribution in [1.29, 1.82) is 0 Å². The average molecular weight is 301 g/mol. The molecule has 1 heterocycles. The molecule has 0 atom stereocenters. The average Bonchev–Trinajstić information content (AvgIpc) is 2.27. The molecule has 0 saturated heterocycles. The summed E-state index contributed by atoms with van der Waals surface area (Å²) in [5, 5.41) is 0. The summed E-state index contributed by atoms with van der Waals surface area (Å²) in [6.07, 6.45) is 2.16. The van der Waals surface area contributed by atoms with Gasteiger partial charge in [0.1, 0.15) is 4.90 Å². The first-order valence-electron chi connectivity index (χ1n) is 5.38. The van der Waals surface area contributed by atoms with Crippen molar-refractivity contribution in [2.45, 2.75) is 11.3 Å². The van der Waals surface area contributed by atoms with Crippen molar-refractivity contribution in [3.8, 4) is 0 Å². The molecule has 2 rings (SSSR count). The lowest BCUT2D eigenvalue weighted by atomic mass is 10.00. The molecule has 0 bridgehead atoms. The standard InChI is InChI=1S/C11H12F5NOS/c12-19(13,14,15,16)9-1-2-10(11(17)7-9)8-3-5-18-6-4-8/h1-3,7H,4-6,17H2. The Hall–Kier alpha value is -1.28. The molecule has 1 aliphatic rings. The lowest BCUT2D eigenvalue weighted by molar-refractivity contribution is 0.161. The number of benzene rings is 1. The monoisotopic (exact) mass is 301 g/mol. The van der Waals surface area contributed by atoms with Gasteiger partial charge < -0.3 is 10.5 Å². The Balaban J connectivity index is 2.47. The van der Waals surface area contributed by atoms with Crippen molar-refractivity contribution in [2.24, 2.45) is 0 Å². The lowest BCUT2D eigenvalue weighted by Gasteiger charge is -2.40. The van der Waals surface area contributed by atoms with Gasteiger partial charge in [-0.2, -0.15) is 0 Å². The summed E-state index contributed by atoms with van der Waals surface area (Å²) in [6.45, 7) is 0.757. The van der Waals surface area contributed by atoms with Gasteiger partial charge in [-0.3, -0.25) is 0 Å². The SMILES string of the molecule is Nc1cc(S(F)(F)(F)(F)F)ccc1C1=CCOCC1. The van der Waals surface area contributed by atoms with Crippen molar-refractivity contribution >= 4 is 21.5 Å². The van der Waals surface area contributed by atoms with Crippen LogP contribution in [0.25, 0.3) is 5.57 Å². The van der Waals surface area contributed by atoms with Crippen LogP contribution in [0.3, 0.4) is 0 Å². The van der Waals surface area contributed by atoms with E-state index in [1.807, 2.05) is 0 Å². The maximum absolute atomic E-state index is 12.6. The van der Waals surface area contributed by atoms with E-state index in [0.29, 0.717) is 42.9 Å². The Morgan fingerprint density at radius 1 is 1.11 bits per heavy atom. The molecule has 0 fully saturated rings. The molecule has 0 unspecified atom stereocenters. The summed E-state index contributed by atoms with van der Waals surface area (Å²) in [4.78, 5) is -1.96. The van der Waals surface area contributed by atoms with Crippen LogP contribution in [-0.4, -0.2) is 13.2 Å². The number of anilines is 1. The number of rotatable bonds is 2. The molecule has 0 saturated carbocycles. The maximum Gasteiger partial charge on any atom is 0.310 e. The van der Waals surface area contributed by atoms with Crippen LogP contribution in [0.4, 0.5) is 25.1 Å². The van der Waals surface area contributed by atoms with Gasteiger partial charge >= 0.3 is 10.2 Å². The fourth-order valence-electron chi connectivity index (χ4n) is 1.84. The first-order valence-corrected chi connectivity index (χ1v) is 7.33. The fraction of sp³-hybridized carbons (Fsp3) is 0.273. The van der Waals surface area contributed by atoms with Gasteiger partial charge in [0.15, 0.2) is 0 Å². The molecule has 1 aromatic carbocycles. The Morgan fingerprint density at radius 3 is 2.26 bits per heavy atom. The van der Waals surface area contributed by atoms with E-state index >= 15 is 0 Å². The van der Waals surface area contributed by atoms with Crippen LogP contribution >= 0.6 is 10.2 Å². The van der Waals surface area contributed by atoms with Gasteiger partial charge in [0.25, 0.3) is 0 Å². The second kappa shape index (κ2) is 3.63. The first-order chi connectivity index (χ1) is 8.47. The number of hydrogen-bond donors (Lipinski definition) is 1. The van der Waals surface area contributed by atoms with Gasteiger partial charge in [0, 0.05) is 11.3 Å². The minimum Gasteiger partial charge on any atom is -0.398 e. The number of hydrogen-bond acceptors (Lipinski definition) is 2. The maximum atomic E-state index is 12.6. The molecule has 1 aliphatic heterocycles. The Morgan fingerprint density at radius 2 is 1.79 bits per heavy atom. The highest BCUT2D eigenvalue weighted by molar-refractivity contribution is 8.45. The zero-order chi connectivity index (χ0) is 14.4. The molecule has 0 radical (unpaired) electrons. The third kappa shape index (κ3) is 3.19. The summed E-state index contributed by atoms with van der Waals surface area (Å²) >= 11 is 0. The van der Waals surface area contributed by atoms with Crippen molar-refractivity contribution in [3.05, 3.63) is 29.8 Å². The van der Waals surface area contributed by atoms with Crippen molar-refractivity contribution in [1.82, 2.24) is 0 Å². The minimum absolute atomic E-state index is 0.299. The van der Waals surface area contributed by atoms with E-state index in [0.717, 1.165) is 6.07 Å². The quantitative estimate of drug-likeness (QED) is 0.633. The van der Waals surface area contributed by atoms with E-state index in [9.17, 15) is 19.4 Å². The van der Waals surface area contributed by atoms with Gasteiger partial charge in [-0.1, -0.05) is 31.6 Å². The van der Waals surface area contributed by atoms with Crippen molar-refractivity contribution in [2.75, 3.05) is 18.9 Å². The molecule has 108 valence electrons. The van der Waals surface area contributed by atoms with Gasteiger partial charge in [-0.05, 0) is 24.1 Å². The molecule has 1 aromatic rings. The minimum atomic E-state index is -9.67. The summed E-state index contributed by atoms with van der Waals surface area (Å²) in [5.74, 6) is 0. The highest BCUT2D eigenvalue weighted by Gasteiger charge is 2.65. The number of halogens is 5. The van der Waals surface area contributed by atoms with Gasteiger partial charge in [-0.25, -0.2) is 0 Å². The highest BCUT2D eigenvalue weighted by Crippen LogP contribution is 3.02. The molecule has 8 heteroatoms. The topological polar surface area (TPSA) is 35.2 Å². The van der Waals surface area contributed by atoms with Gasteiger partial charge in [-0.15, -0.1) is 0 Å². The third-order valence-corrected chi connectivity index (χ3v) is 3.92. The van der Waals surface area contributed by atoms with Gasteiger partial charge in [0.2, 0.25) is 0 Å². The zero-order valence-electron chi connectivity index (χ0n) is 9.71. The molecule has 2 nitrogen and oxygen atoms in total.